The van der Waals surface area contributed by atoms with Crippen molar-refractivity contribution in [2.75, 3.05) is 59.1 Å². The fourth-order valence-corrected chi connectivity index (χ4v) is 5.42. The molecule has 3 aliphatic rings. The van der Waals surface area contributed by atoms with Gasteiger partial charge in [-0.3, -0.25) is 14.4 Å². The van der Waals surface area contributed by atoms with Gasteiger partial charge in [-0.2, -0.15) is 0 Å². The normalized spacial score (nSPS) is 23.7. The van der Waals surface area contributed by atoms with Gasteiger partial charge in [0.15, 0.2) is 0 Å². The molecule has 0 saturated carbocycles. The molecular weight excluding hydrogens is 470 g/mol. The molecule has 8 nitrogen and oxygen atoms in total. The Hall–Kier alpha value is -2.32. The molecule has 1 aromatic carbocycles. The van der Waals surface area contributed by atoms with Crippen molar-refractivity contribution in [2.45, 2.75) is 44.9 Å². The van der Waals surface area contributed by atoms with E-state index >= 15 is 0 Å². The number of nitrogens with zero attached hydrogens (tertiary/aromatic N) is 3. The molecule has 1 unspecified atom stereocenters. The molecule has 9 heteroatoms. The van der Waals surface area contributed by atoms with Crippen LogP contribution in [-0.2, 0) is 19.1 Å². The van der Waals surface area contributed by atoms with Crippen LogP contribution in [0.3, 0.4) is 0 Å². The van der Waals surface area contributed by atoms with E-state index in [9.17, 15) is 14.4 Å². The van der Waals surface area contributed by atoms with Gasteiger partial charge in [-0.15, -0.1) is 0 Å². The van der Waals surface area contributed by atoms with Gasteiger partial charge in [0.05, 0.1) is 26.4 Å². The Morgan fingerprint density at radius 1 is 1.00 bits per heavy atom. The number of carbonyl (C=O) groups excluding carboxylic acids is 3. The van der Waals surface area contributed by atoms with Gasteiger partial charge in [0.2, 0.25) is 17.7 Å². The molecule has 35 heavy (non-hydrogen) atoms. The van der Waals surface area contributed by atoms with E-state index < -0.39 is 5.41 Å². The second-order valence-electron chi connectivity index (χ2n) is 9.96. The quantitative estimate of drug-likeness (QED) is 0.569. The van der Waals surface area contributed by atoms with E-state index in [1.807, 2.05) is 21.9 Å². The number of halogens is 1. The smallest absolute Gasteiger partial charge is 0.242 e. The number of amides is 3. The van der Waals surface area contributed by atoms with Crippen molar-refractivity contribution < 1.29 is 23.9 Å². The molecule has 1 atom stereocenters. The number of rotatable bonds is 7. The van der Waals surface area contributed by atoms with Crippen molar-refractivity contribution >= 4 is 29.3 Å². The highest BCUT2D eigenvalue weighted by molar-refractivity contribution is 6.30. The molecule has 0 aliphatic carbocycles. The number of hydrogen-bond donors (Lipinski definition) is 0. The average Bonchev–Trinajstić information content (AvgIpc) is 3.07. The summed E-state index contributed by atoms with van der Waals surface area (Å²) < 4.78 is 11.6. The van der Waals surface area contributed by atoms with Gasteiger partial charge in [0.25, 0.3) is 0 Å². The third kappa shape index (κ3) is 7.10. The summed E-state index contributed by atoms with van der Waals surface area (Å²) in [5.41, 5.74) is -0.506. The Labute approximate surface area is 212 Å². The standard InChI is InChI=1S/C26H36ClN3O5/c27-21-6-4-7-22(16-21)35-20-26(17-24(32)28-12-14-34-15-13-28)9-5-11-30(19-26)25(33)18-29-10-3-1-2-8-23(29)31/h4,6-7,16H,1-3,5,8-15,17-20H2. The molecule has 3 amide bonds. The second kappa shape index (κ2) is 12.1. The summed E-state index contributed by atoms with van der Waals surface area (Å²) in [4.78, 5) is 44.3. The third-order valence-electron chi connectivity index (χ3n) is 7.24. The lowest BCUT2D eigenvalue weighted by Gasteiger charge is -2.43. The summed E-state index contributed by atoms with van der Waals surface area (Å²) in [6.07, 6.45) is 5.24. The van der Waals surface area contributed by atoms with Crippen LogP contribution in [0, 0.1) is 5.41 Å². The summed E-state index contributed by atoms with van der Waals surface area (Å²) in [6, 6.07) is 7.23. The van der Waals surface area contributed by atoms with E-state index in [0.717, 1.165) is 32.1 Å². The van der Waals surface area contributed by atoms with E-state index in [1.54, 1.807) is 17.0 Å². The number of likely N-dealkylation sites (tertiary alicyclic amines) is 2. The van der Waals surface area contributed by atoms with E-state index in [0.29, 0.717) is 76.2 Å². The Morgan fingerprint density at radius 2 is 1.83 bits per heavy atom. The Kier molecular flexibility index (Phi) is 8.89. The number of ether oxygens (including phenoxy) is 2. The van der Waals surface area contributed by atoms with Crippen LogP contribution in [0.25, 0.3) is 0 Å². The summed E-state index contributed by atoms with van der Waals surface area (Å²) >= 11 is 6.13. The number of morpholine rings is 1. The van der Waals surface area contributed by atoms with Crippen molar-refractivity contribution in [3.63, 3.8) is 0 Å². The minimum atomic E-state index is -0.506. The SMILES string of the molecule is O=C(CC1(COc2cccc(Cl)c2)CCCN(C(=O)CN2CCCCCC2=O)C1)N1CCOCC1. The lowest BCUT2D eigenvalue weighted by molar-refractivity contribution is -0.146. The topological polar surface area (TPSA) is 79.4 Å². The number of piperidine rings is 1. The zero-order valence-electron chi connectivity index (χ0n) is 20.4. The molecule has 0 radical (unpaired) electrons. The van der Waals surface area contributed by atoms with Gasteiger partial charge >= 0.3 is 0 Å². The Bertz CT molecular complexity index is 907. The predicted molar refractivity (Wildman–Crippen MR) is 132 cm³/mol. The minimum Gasteiger partial charge on any atom is -0.493 e. The van der Waals surface area contributed by atoms with Crippen molar-refractivity contribution in [1.82, 2.24) is 14.7 Å². The van der Waals surface area contributed by atoms with Gasteiger partial charge in [-0.1, -0.05) is 24.1 Å². The van der Waals surface area contributed by atoms with Gasteiger partial charge in [-0.25, -0.2) is 0 Å². The monoisotopic (exact) mass is 505 g/mol. The van der Waals surface area contributed by atoms with E-state index in [4.69, 9.17) is 21.1 Å². The van der Waals surface area contributed by atoms with Gasteiger partial charge in [0, 0.05) is 56.0 Å². The first-order valence-electron chi connectivity index (χ1n) is 12.7. The maximum absolute atomic E-state index is 13.3. The van der Waals surface area contributed by atoms with Crippen molar-refractivity contribution in [1.29, 1.82) is 0 Å². The maximum Gasteiger partial charge on any atom is 0.242 e. The molecule has 0 spiro atoms. The fraction of sp³-hybridized carbons (Fsp3) is 0.654. The van der Waals surface area contributed by atoms with Gasteiger partial charge < -0.3 is 24.2 Å². The van der Waals surface area contributed by atoms with Crippen LogP contribution in [0.4, 0.5) is 0 Å². The highest BCUT2D eigenvalue weighted by Crippen LogP contribution is 2.36. The summed E-state index contributed by atoms with van der Waals surface area (Å²) in [5, 5.41) is 0.587. The average molecular weight is 506 g/mol. The van der Waals surface area contributed by atoms with Crippen LogP contribution in [0.1, 0.15) is 44.9 Å². The second-order valence-corrected chi connectivity index (χ2v) is 10.4. The molecule has 3 aliphatic heterocycles. The number of carbonyl (C=O) groups is 3. The molecule has 3 heterocycles. The molecule has 4 rings (SSSR count). The predicted octanol–water partition coefficient (Wildman–Crippen LogP) is 2.98. The van der Waals surface area contributed by atoms with Crippen LogP contribution in [0.5, 0.6) is 5.75 Å². The van der Waals surface area contributed by atoms with Crippen molar-refractivity contribution in [3.05, 3.63) is 29.3 Å². The van der Waals surface area contributed by atoms with Crippen LogP contribution in [0.15, 0.2) is 24.3 Å². The summed E-state index contributed by atoms with van der Waals surface area (Å²) in [6.45, 7) is 4.40. The number of benzene rings is 1. The molecule has 3 saturated heterocycles. The van der Waals surface area contributed by atoms with Crippen LogP contribution in [-0.4, -0.2) is 91.5 Å². The zero-order chi connectivity index (χ0) is 24.7. The van der Waals surface area contributed by atoms with Crippen molar-refractivity contribution in [2.24, 2.45) is 5.41 Å². The molecule has 0 N–H and O–H groups in total. The lowest BCUT2D eigenvalue weighted by atomic mass is 9.77. The molecule has 0 aromatic heterocycles. The zero-order valence-corrected chi connectivity index (χ0v) is 21.1. The van der Waals surface area contributed by atoms with Crippen LogP contribution < -0.4 is 4.74 Å². The first kappa shape index (κ1) is 25.8. The van der Waals surface area contributed by atoms with E-state index in [1.165, 1.54) is 0 Å². The van der Waals surface area contributed by atoms with Crippen molar-refractivity contribution in [3.8, 4) is 5.75 Å². The third-order valence-corrected chi connectivity index (χ3v) is 7.48. The largest absolute Gasteiger partial charge is 0.493 e. The van der Waals surface area contributed by atoms with E-state index in [-0.39, 0.29) is 24.3 Å². The number of hydrogen-bond acceptors (Lipinski definition) is 5. The summed E-state index contributed by atoms with van der Waals surface area (Å²) in [7, 11) is 0. The Morgan fingerprint density at radius 3 is 2.63 bits per heavy atom. The van der Waals surface area contributed by atoms with E-state index in [2.05, 4.69) is 0 Å². The maximum atomic E-state index is 13.3. The molecular formula is C26H36ClN3O5. The molecule has 3 fully saturated rings. The van der Waals surface area contributed by atoms with Crippen LogP contribution in [0.2, 0.25) is 5.02 Å². The molecule has 0 bridgehead atoms. The first-order valence-corrected chi connectivity index (χ1v) is 13.1. The molecule has 1 aromatic rings. The first-order chi connectivity index (χ1) is 16.9. The van der Waals surface area contributed by atoms with Gasteiger partial charge in [-0.05, 0) is 43.9 Å². The summed E-state index contributed by atoms with van der Waals surface area (Å²) in [5.74, 6) is 0.728. The van der Waals surface area contributed by atoms with Gasteiger partial charge in [0.1, 0.15) is 5.75 Å². The Balaban J connectivity index is 1.46. The van der Waals surface area contributed by atoms with Crippen LogP contribution >= 0.6 is 11.6 Å². The lowest BCUT2D eigenvalue weighted by Crippen LogP contribution is -2.53. The fourth-order valence-electron chi connectivity index (χ4n) is 5.24. The highest BCUT2D eigenvalue weighted by atomic mass is 35.5. The minimum absolute atomic E-state index is 0.0501. The molecule has 192 valence electrons. The highest BCUT2D eigenvalue weighted by Gasteiger charge is 2.41.